The van der Waals surface area contributed by atoms with Crippen LogP contribution in [-0.4, -0.2) is 27.8 Å². The van der Waals surface area contributed by atoms with Gasteiger partial charge in [-0.15, -0.1) is 0 Å². The topological polar surface area (TPSA) is 60.2 Å². The molecule has 4 rings (SSSR count). The first-order valence-corrected chi connectivity index (χ1v) is 8.57. The van der Waals surface area contributed by atoms with Gasteiger partial charge in [0, 0.05) is 6.92 Å². The molecule has 1 aromatic heterocycles. The number of carbonyl (C=O) groups excluding carboxylic acids is 1. The highest BCUT2D eigenvalue weighted by Crippen LogP contribution is 2.41. The van der Waals surface area contributed by atoms with Gasteiger partial charge in [-0.05, 0) is 29.7 Å². The zero-order valence-electron chi connectivity index (χ0n) is 14.7. The Balaban J connectivity index is 1.81. The lowest BCUT2D eigenvalue weighted by atomic mass is 9.92. The number of fused-ring (bicyclic) bond motifs is 1. The van der Waals surface area contributed by atoms with E-state index >= 15 is 0 Å². The molecular weight excluding hydrogens is 328 g/mol. The lowest BCUT2D eigenvalue weighted by molar-refractivity contribution is -0.117. The van der Waals surface area contributed by atoms with Crippen LogP contribution in [0.2, 0.25) is 0 Å². The Morgan fingerprint density at radius 2 is 1.73 bits per heavy atom. The molecule has 6 heteroatoms. The second-order valence-electron chi connectivity index (χ2n) is 6.34. The van der Waals surface area contributed by atoms with E-state index in [0.717, 1.165) is 23.3 Å². The lowest BCUT2D eigenvalue weighted by Gasteiger charge is -2.38. The van der Waals surface area contributed by atoms with Gasteiger partial charge in [0.05, 0.1) is 19.2 Å². The fourth-order valence-electron chi connectivity index (χ4n) is 3.62. The van der Waals surface area contributed by atoms with E-state index in [1.807, 2.05) is 47.1 Å². The van der Waals surface area contributed by atoms with E-state index in [1.165, 1.54) is 6.33 Å². The molecular formula is C20H20N4O2. The summed E-state index contributed by atoms with van der Waals surface area (Å²) >= 11 is 0. The first-order valence-electron chi connectivity index (χ1n) is 8.57. The maximum absolute atomic E-state index is 12.4. The number of carbonyl (C=O) groups is 1. The Labute approximate surface area is 152 Å². The SMILES string of the molecule is COc1ccc(C2CC(c3ccccc3)n3ncnc3N2C(C)=O)cc1. The Hall–Kier alpha value is -3.15. The van der Waals surface area contributed by atoms with Crippen molar-refractivity contribution < 1.29 is 9.53 Å². The molecule has 0 saturated heterocycles. The molecule has 2 unspecified atom stereocenters. The number of anilines is 1. The second-order valence-corrected chi connectivity index (χ2v) is 6.34. The molecule has 0 radical (unpaired) electrons. The zero-order chi connectivity index (χ0) is 18.1. The van der Waals surface area contributed by atoms with E-state index in [2.05, 4.69) is 22.2 Å². The highest BCUT2D eigenvalue weighted by atomic mass is 16.5. The first-order chi connectivity index (χ1) is 12.7. The van der Waals surface area contributed by atoms with Crippen LogP contribution in [0.1, 0.15) is 36.6 Å². The molecule has 2 aromatic carbocycles. The molecule has 1 aliphatic heterocycles. The van der Waals surface area contributed by atoms with Crippen molar-refractivity contribution in [1.29, 1.82) is 0 Å². The minimum Gasteiger partial charge on any atom is -0.497 e. The fraction of sp³-hybridized carbons (Fsp3) is 0.250. The van der Waals surface area contributed by atoms with Gasteiger partial charge in [-0.25, -0.2) is 4.68 Å². The van der Waals surface area contributed by atoms with Crippen LogP contribution in [0.25, 0.3) is 0 Å². The molecule has 132 valence electrons. The van der Waals surface area contributed by atoms with Gasteiger partial charge in [0.15, 0.2) is 0 Å². The largest absolute Gasteiger partial charge is 0.497 e. The summed E-state index contributed by atoms with van der Waals surface area (Å²) in [7, 11) is 1.64. The Kier molecular flexibility index (Phi) is 4.16. The summed E-state index contributed by atoms with van der Waals surface area (Å²) in [5.41, 5.74) is 2.21. The highest BCUT2D eigenvalue weighted by molar-refractivity contribution is 5.90. The highest BCUT2D eigenvalue weighted by Gasteiger charge is 2.37. The predicted molar refractivity (Wildman–Crippen MR) is 98.1 cm³/mol. The average molecular weight is 348 g/mol. The third kappa shape index (κ3) is 2.73. The van der Waals surface area contributed by atoms with Crippen LogP contribution in [0, 0.1) is 0 Å². The molecule has 26 heavy (non-hydrogen) atoms. The van der Waals surface area contributed by atoms with Gasteiger partial charge in [-0.3, -0.25) is 9.69 Å². The van der Waals surface area contributed by atoms with Gasteiger partial charge in [-0.1, -0.05) is 42.5 Å². The molecule has 1 amide bonds. The van der Waals surface area contributed by atoms with E-state index in [4.69, 9.17) is 4.74 Å². The van der Waals surface area contributed by atoms with Crippen molar-refractivity contribution in [3.05, 3.63) is 72.1 Å². The van der Waals surface area contributed by atoms with Gasteiger partial charge in [0.25, 0.3) is 0 Å². The van der Waals surface area contributed by atoms with Crippen molar-refractivity contribution in [2.24, 2.45) is 0 Å². The quantitative estimate of drug-likeness (QED) is 0.728. The lowest BCUT2D eigenvalue weighted by Crippen LogP contribution is -2.41. The summed E-state index contributed by atoms with van der Waals surface area (Å²) in [4.78, 5) is 18.5. The fourth-order valence-corrected chi connectivity index (χ4v) is 3.62. The Bertz CT molecular complexity index is 905. The molecule has 0 bridgehead atoms. The number of nitrogens with zero attached hydrogens (tertiary/aromatic N) is 4. The molecule has 6 nitrogen and oxygen atoms in total. The van der Waals surface area contributed by atoms with Crippen molar-refractivity contribution in [2.75, 3.05) is 12.0 Å². The van der Waals surface area contributed by atoms with Crippen LogP contribution < -0.4 is 9.64 Å². The standard InChI is InChI=1S/C20H20N4O2/c1-14(25)23-18(16-8-10-17(26-2)11-9-16)12-19(15-6-4-3-5-7-15)24-20(23)21-13-22-24/h3-11,13,18-19H,12H2,1-2H3. The molecule has 0 spiro atoms. The van der Waals surface area contributed by atoms with Crippen molar-refractivity contribution in [3.63, 3.8) is 0 Å². The number of hydrogen-bond donors (Lipinski definition) is 0. The van der Waals surface area contributed by atoms with Crippen LogP contribution in [0.3, 0.4) is 0 Å². The van der Waals surface area contributed by atoms with Crippen LogP contribution in [0.5, 0.6) is 5.75 Å². The van der Waals surface area contributed by atoms with E-state index in [1.54, 1.807) is 18.9 Å². The van der Waals surface area contributed by atoms with E-state index in [9.17, 15) is 4.79 Å². The third-order valence-corrected chi connectivity index (χ3v) is 4.85. The third-order valence-electron chi connectivity index (χ3n) is 4.85. The summed E-state index contributed by atoms with van der Waals surface area (Å²) in [6, 6.07) is 18.0. The van der Waals surface area contributed by atoms with Crippen molar-refractivity contribution >= 4 is 11.9 Å². The van der Waals surface area contributed by atoms with Crippen molar-refractivity contribution in [2.45, 2.75) is 25.4 Å². The van der Waals surface area contributed by atoms with Crippen LogP contribution in [0.15, 0.2) is 60.9 Å². The smallest absolute Gasteiger partial charge is 0.231 e. The van der Waals surface area contributed by atoms with Gasteiger partial charge in [-0.2, -0.15) is 10.1 Å². The van der Waals surface area contributed by atoms with Crippen LogP contribution >= 0.6 is 0 Å². The van der Waals surface area contributed by atoms with Gasteiger partial charge < -0.3 is 4.74 Å². The first kappa shape index (κ1) is 16.3. The average Bonchev–Trinajstić information content (AvgIpc) is 3.16. The van der Waals surface area contributed by atoms with Crippen LogP contribution in [0.4, 0.5) is 5.95 Å². The number of benzene rings is 2. The molecule has 3 aromatic rings. The molecule has 0 saturated carbocycles. The Morgan fingerprint density at radius 1 is 1.04 bits per heavy atom. The number of rotatable bonds is 3. The van der Waals surface area contributed by atoms with Crippen molar-refractivity contribution in [1.82, 2.24) is 14.8 Å². The summed E-state index contributed by atoms with van der Waals surface area (Å²) in [6.45, 7) is 1.57. The predicted octanol–water partition coefficient (Wildman–Crippen LogP) is 3.37. The Morgan fingerprint density at radius 3 is 2.38 bits per heavy atom. The maximum Gasteiger partial charge on any atom is 0.231 e. The number of aromatic nitrogens is 3. The van der Waals surface area contributed by atoms with E-state index < -0.39 is 0 Å². The molecule has 0 fully saturated rings. The van der Waals surface area contributed by atoms with Gasteiger partial charge in [0.2, 0.25) is 11.9 Å². The molecule has 2 atom stereocenters. The molecule has 0 N–H and O–H groups in total. The molecule has 2 heterocycles. The number of methoxy groups -OCH3 is 1. The van der Waals surface area contributed by atoms with Crippen molar-refractivity contribution in [3.8, 4) is 5.75 Å². The number of amides is 1. The number of hydrogen-bond acceptors (Lipinski definition) is 4. The molecule has 1 aliphatic rings. The van der Waals surface area contributed by atoms with Gasteiger partial charge in [0.1, 0.15) is 12.1 Å². The summed E-state index contributed by atoms with van der Waals surface area (Å²) < 4.78 is 7.10. The second kappa shape index (κ2) is 6.63. The summed E-state index contributed by atoms with van der Waals surface area (Å²) in [6.07, 6.45) is 2.24. The summed E-state index contributed by atoms with van der Waals surface area (Å²) in [5, 5.41) is 4.39. The van der Waals surface area contributed by atoms with E-state index in [0.29, 0.717) is 5.95 Å². The number of ether oxygens (including phenoxy) is 1. The maximum atomic E-state index is 12.4. The minimum absolute atomic E-state index is 0.0244. The zero-order valence-corrected chi connectivity index (χ0v) is 14.7. The normalized spacial score (nSPS) is 19.1. The minimum atomic E-state index is -0.111. The van der Waals surface area contributed by atoms with E-state index in [-0.39, 0.29) is 18.0 Å². The van der Waals surface area contributed by atoms with Gasteiger partial charge >= 0.3 is 0 Å². The monoisotopic (exact) mass is 348 g/mol. The van der Waals surface area contributed by atoms with Crippen LogP contribution in [-0.2, 0) is 4.79 Å². The summed E-state index contributed by atoms with van der Waals surface area (Å²) in [5.74, 6) is 1.33. The molecule has 0 aliphatic carbocycles.